The fourth-order valence-electron chi connectivity index (χ4n) is 5.43. The van der Waals surface area contributed by atoms with Gasteiger partial charge in [-0.1, -0.05) is 26.8 Å². The molecule has 2 aliphatic heterocycles. The Kier molecular flexibility index (Phi) is 6.04. The van der Waals surface area contributed by atoms with E-state index < -0.39 is 14.4 Å². The van der Waals surface area contributed by atoms with Gasteiger partial charge in [0.05, 0.1) is 38.1 Å². The first-order valence-corrected chi connectivity index (χ1v) is 14.5. The first kappa shape index (κ1) is 23.8. The summed E-state index contributed by atoms with van der Waals surface area (Å²) in [5.41, 5.74) is 3.09. The van der Waals surface area contributed by atoms with Crippen molar-refractivity contribution < 1.29 is 23.7 Å². The van der Waals surface area contributed by atoms with Crippen LogP contribution in [0.4, 0.5) is 0 Å². The Balaban J connectivity index is 1.83. The van der Waals surface area contributed by atoms with Gasteiger partial charge in [-0.05, 0) is 53.4 Å². The highest BCUT2D eigenvalue weighted by Crippen LogP contribution is 2.56. The molecule has 0 aromatic heterocycles. The van der Waals surface area contributed by atoms with E-state index in [0.717, 1.165) is 30.5 Å². The van der Waals surface area contributed by atoms with E-state index in [1.807, 2.05) is 6.07 Å². The first-order chi connectivity index (χ1) is 15.0. The van der Waals surface area contributed by atoms with Crippen LogP contribution in [0.25, 0.3) is 0 Å². The molecule has 0 amide bonds. The number of aliphatic hydroxyl groups excluding tert-OH is 1. The topological polar surface area (TPSA) is 60.4 Å². The maximum atomic E-state index is 11.0. The van der Waals surface area contributed by atoms with Crippen molar-refractivity contribution in [1.82, 2.24) is 4.90 Å². The lowest BCUT2D eigenvalue weighted by molar-refractivity contribution is -0.0415. The second-order valence-electron chi connectivity index (χ2n) is 10.9. The number of nitrogens with zero attached hydrogens (tertiary/aromatic N) is 1. The Labute approximate surface area is 193 Å². The third kappa shape index (κ3) is 3.53. The first-order valence-electron chi connectivity index (χ1n) is 11.6. The summed E-state index contributed by atoms with van der Waals surface area (Å²) < 4.78 is 24.1. The molecule has 178 valence electrons. The SMILES string of the molecule is COc1cc2c(cc1OC)[C@]13CC(OC)[C@H](O[Si](C)(C)C(C)(C)C)C=C1CCN3C[C@H]2O. The van der Waals surface area contributed by atoms with Gasteiger partial charge in [-0.3, -0.25) is 4.90 Å². The molecular weight excluding hydrogens is 422 g/mol. The van der Waals surface area contributed by atoms with E-state index in [-0.39, 0.29) is 22.8 Å². The van der Waals surface area contributed by atoms with Crippen molar-refractivity contribution in [1.29, 1.82) is 0 Å². The number of hydrogen-bond donors (Lipinski definition) is 1. The molecule has 1 aliphatic carbocycles. The average Bonchev–Trinajstić information content (AvgIpc) is 3.09. The van der Waals surface area contributed by atoms with Gasteiger partial charge in [-0.2, -0.15) is 0 Å². The highest BCUT2D eigenvalue weighted by atomic mass is 28.4. The minimum atomic E-state index is -1.96. The van der Waals surface area contributed by atoms with Gasteiger partial charge in [0, 0.05) is 26.6 Å². The van der Waals surface area contributed by atoms with Crippen LogP contribution in [0.2, 0.25) is 18.1 Å². The van der Waals surface area contributed by atoms with Gasteiger partial charge in [-0.15, -0.1) is 0 Å². The van der Waals surface area contributed by atoms with Crippen LogP contribution in [0.3, 0.4) is 0 Å². The van der Waals surface area contributed by atoms with Crippen molar-refractivity contribution in [2.24, 2.45) is 0 Å². The smallest absolute Gasteiger partial charge is 0.193 e. The predicted molar refractivity (Wildman–Crippen MR) is 128 cm³/mol. The van der Waals surface area contributed by atoms with E-state index in [2.05, 4.69) is 50.9 Å². The van der Waals surface area contributed by atoms with Crippen LogP contribution in [0.15, 0.2) is 23.8 Å². The third-order valence-corrected chi connectivity index (χ3v) is 12.7. The molecule has 1 spiro atoms. The lowest BCUT2D eigenvalue weighted by atomic mass is 9.69. The second-order valence-corrected chi connectivity index (χ2v) is 15.6. The Bertz CT molecular complexity index is 908. The standard InChI is InChI=1S/C25H39NO5Si/c1-24(2,3)32(7,8)31-22-11-16-9-10-26-15-19(27)17-12-20(28-4)21(29-5)13-18(17)25(16,26)14-23(22)30-6/h11-13,19,22-23,27H,9-10,14-15H2,1-8H3/t19-,22-,23?,25+/m1/s1. The Morgan fingerprint density at radius 2 is 1.75 bits per heavy atom. The van der Waals surface area contributed by atoms with Crippen molar-refractivity contribution >= 4 is 8.32 Å². The Hall–Kier alpha value is -1.38. The summed E-state index contributed by atoms with van der Waals surface area (Å²) >= 11 is 0. The number of fused-ring (bicyclic) bond motifs is 1. The van der Waals surface area contributed by atoms with E-state index in [4.69, 9.17) is 18.6 Å². The van der Waals surface area contributed by atoms with Crippen molar-refractivity contribution in [2.45, 2.75) is 75.6 Å². The molecule has 4 rings (SSSR count). The maximum Gasteiger partial charge on any atom is 0.193 e. The second kappa shape index (κ2) is 8.13. The highest BCUT2D eigenvalue weighted by Gasteiger charge is 2.56. The van der Waals surface area contributed by atoms with Crippen LogP contribution in [-0.2, 0) is 14.7 Å². The van der Waals surface area contributed by atoms with Crippen LogP contribution in [0.5, 0.6) is 11.5 Å². The molecule has 4 atom stereocenters. The quantitative estimate of drug-likeness (QED) is 0.518. The normalized spacial score (nSPS) is 30.3. The number of rotatable bonds is 5. The van der Waals surface area contributed by atoms with E-state index in [1.54, 1.807) is 21.3 Å². The van der Waals surface area contributed by atoms with E-state index in [9.17, 15) is 5.11 Å². The zero-order valence-electron chi connectivity index (χ0n) is 20.8. The fraction of sp³-hybridized carbons (Fsp3) is 0.680. The van der Waals surface area contributed by atoms with Crippen LogP contribution in [0, 0.1) is 0 Å². The van der Waals surface area contributed by atoms with Crippen molar-refractivity contribution in [2.75, 3.05) is 34.4 Å². The Morgan fingerprint density at radius 1 is 1.09 bits per heavy atom. The zero-order chi connectivity index (χ0) is 23.5. The van der Waals surface area contributed by atoms with Gasteiger partial charge in [0.25, 0.3) is 0 Å². The van der Waals surface area contributed by atoms with Gasteiger partial charge >= 0.3 is 0 Å². The molecular formula is C25H39NO5Si. The summed E-state index contributed by atoms with van der Waals surface area (Å²) in [5.74, 6) is 1.34. The average molecular weight is 462 g/mol. The van der Waals surface area contributed by atoms with Crippen molar-refractivity contribution in [3.05, 3.63) is 34.9 Å². The van der Waals surface area contributed by atoms with Crippen LogP contribution >= 0.6 is 0 Å². The summed E-state index contributed by atoms with van der Waals surface area (Å²) in [4.78, 5) is 2.42. The minimum Gasteiger partial charge on any atom is -0.493 e. The van der Waals surface area contributed by atoms with Crippen LogP contribution in [0.1, 0.15) is 50.8 Å². The van der Waals surface area contributed by atoms with Crippen molar-refractivity contribution in [3.8, 4) is 11.5 Å². The van der Waals surface area contributed by atoms with Gasteiger partial charge in [-0.25, -0.2) is 0 Å². The number of methoxy groups -OCH3 is 3. The van der Waals surface area contributed by atoms with Gasteiger partial charge in [0.2, 0.25) is 0 Å². The summed E-state index contributed by atoms with van der Waals surface area (Å²) in [7, 11) is 3.11. The molecule has 0 radical (unpaired) electrons. The lowest BCUT2D eigenvalue weighted by Gasteiger charge is -2.51. The molecule has 3 aliphatic rings. The molecule has 1 saturated heterocycles. The molecule has 0 bridgehead atoms. The van der Waals surface area contributed by atoms with E-state index in [1.165, 1.54) is 5.57 Å². The van der Waals surface area contributed by atoms with Gasteiger partial charge in [0.1, 0.15) is 0 Å². The number of benzene rings is 1. The number of aliphatic hydroxyl groups is 1. The third-order valence-electron chi connectivity index (χ3n) is 8.24. The molecule has 1 aromatic carbocycles. The monoisotopic (exact) mass is 461 g/mol. The van der Waals surface area contributed by atoms with E-state index >= 15 is 0 Å². The molecule has 6 nitrogen and oxygen atoms in total. The number of hydrogen-bond acceptors (Lipinski definition) is 6. The molecule has 2 heterocycles. The van der Waals surface area contributed by atoms with Crippen LogP contribution in [-0.4, -0.2) is 65.0 Å². The van der Waals surface area contributed by atoms with Gasteiger partial charge in [0.15, 0.2) is 19.8 Å². The molecule has 1 aromatic rings. The predicted octanol–water partition coefficient (Wildman–Crippen LogP) is 4.39. The van der Waals surface area contributed by atoms with E-state index in [0.29, 0.717) is 18.0 Å². The summed E-state index contributed by atoms with van der Waals surface area (Å²) in [6, 6.07) is 4.01. The van der Waals surface area contributed by atoms with Gasteiger partial charge < -0.3 is 23.7 Å². The number of ether oxygens (including phenoxy) is 3. The largest absolute Gasteiger partial charge is 0.493 e. The fourth-order valence-corrected chi connectivity index (χ4v) is 6.68. The highest BCUT2D eigenvalue weighted by molar-refractivity contribution is 6.74. The molecule has 7 heteroatoms. The molecule has 1 fully saturated rings. The van der Waals surface area contributed by atoms with Crippen LogP contribution < -0.4 is 9.47 Å². The molecule has 1 N–H and O–H groups in total. The summed E-state index contributed by atoms with van der Waals surface area (Å²) in [6.07, 6.45) is 3.41. The Morgan fingerprint density at radius 3 is 2.34 bits per heavy atom. The van der Waals surface area contributed by atoms with Crippen molar-refractivity contribution in [3.63, 3.8) is 0 Å². The lowest BCUT2D eigenvalue weighted by Crippen LogP contribution is -2.56. The summed E-state index contributed by atoms with van der Waals surface area (Å²) in [5, 5.41) is 11.1. The molecule has 32 heavy (non-hydrogen) atoms. The zero-order valence-corrected chi connectivity index (χ0v) is 21.8. The summed E-state index contributed by atoms with van der Waals surface area (Å²) in [6.45, 7) is 12.9. The molecule has 0 saturated carbocycles. The maximum absolute atomic E-state index is 11.0. The molecule has 1 unspecified atom stereocenters. The minimum absolute atomic E-state index is 0.0584.